The molecule has 18 heavy (non-hydrogen) atoms. The maximum Gasteiger partial charge on any atom is 0.148 e. The van der Waals surface area contributed by atoms with Crippen molar-refractivity contribution in [3.8, 4) is 0 Å². The summed E-state index contributed by atoms with van der Waals surface area (Å²) >= 11 is 3.28. The lowest BCUT2D eigenvalue weighted by Gasteiger charge is -2.38. The SMILES string of the molecule is OC(c1cccs1)(c1cccs1)C1CCCCN1. The van der Waals surface area contributed by atoms with Crippen molar-refractivity contribution in [1.29, 1.82) is 0 Å². The Morgan fingerprint density at radius 3 is 2.22 bits per heavy atom. The molecule has 0 radical (unpaired) electrons. The van der Waals surface area contributed by atoms with E-state index >= 15 is 0 Å². The van der Waals surface area contributed by atoms with Gasteiger partial charge in [0, 0.05) is 15.8 Å². The summed E-state index contributed by atoms with van der Waals surface area (Å²) in [6.07, 6.45) is 3.44. The van der Waals surface area contributed by atoms with E-state index in [-0.39, 0.29) is 6.04 Å². The summed E-state index contributed by atoms with van der Waals surface area (Å²) < 4.78 is 0. The molecule has 3 rings (SSSR count). The van der Waals surface area contributed by atoms with E-state index in [2.05, 4.69) is 5.32 Å². The maximum atomic E-state index is 11.3. The number of hydrogen-bond donors (Lipinski definition) is 2. The second-order valence-corrected chi connectivity index (χ2v) is 6.62. The first-order valence-electron chi connectivity index (χ1n) is 6.35. The molecular formula is C14H17NOS2. The van der Waals surface area contributed by atoms with Gasteiger partial charge in [0.2, 0.25) is 0 Å². The first-order valence-corrected chi connectivity index (χ1v) is 8.11. The second kappa shape index (κ2) is 5.13. The monoisotopic (exact) mass is 279 g/mol. The van der Waals surface area contributed by atoms with E-state index in [0.717, 1.165) is 22.7 Å². The second-order valence-electron chi connectivity index (χ2n) is 4.72. The van der Waals surface area contributed by atoms with E-state index in [1.165, 1.54) is 12.8 Å². The zero-order chi connectivity index (χ0) is 12.4. The Balaban J connectivity index is 2.02. The Kier molecular flexibility index (Phi) is 3.52. The average molecular weight is 279 g/mol. The molecular weight excluding hydrogens is 262 g/mol. The van der Waals surface area contributed by atoms with Gasteiger partial charge in [-0.1, -0.05) is 18.6 Å². The Morgan fingerprint density at radius 2 is 1.78 bits per heavy atom. The van der Waals surface area contributed by atoms with E-state index < -0.39 is 5.60 Å². The molecule has 2 aromatic rings. The Bertz CT molecular complexity index is 438. The molecule has 2 nitrogen and oxygen atoms in total. The fourth-order valence-corrected chi connectivity index (χ4v) is 4.51. The molecule has 2 aromatic heterocycles. The van der Waals surface area contributed by atoms with Crippen molar-refractivity contribution in [2.75, 3.05) is 6.54 Å². The van der Waals surface area contributed by atoms with Crippen LogP contribution in [0.1, 0.15) is 29.0 Å². The van der Waals surface area contributed by atoms with Crippen LogP contribution in [0.5, 0.6) is 0 Å². The van der Waals surface area contributed by atoms with Gasteiger partial charge in [0.1, 0.15) is 5.60 Å². The van der Waals surface area contributed by atoms with Crippen molar-refractivity contribution in [1.82, 2.24) is 5.32 Å². The molecule has 4 heteroatoms. The van der Waals surface area contributed by atoms with E-state index in [1.807, 2.05) is 35.0 Å². The van der Waals surface area contributed by atoms with Crippen molar-refractivity contribution in [3.63, 3.8) is 0 Å². The molecule has 1 unspecified atom stereocenters. The molecule has 1 fully saturated rings. The summed E-state index contributed by atoms with van der Waals surface area (Å²) in [5.74, 6) is 0. The van der Waals surface area contributed by atoms with Crippen molar-refractivity contribution < 1.29 is 5.11 Å². The minimum atomic E-state index is -0.858. The molecule has 0 saturated carbocycles. The third-order valence-electron chi connectivity index (χ3n) is 3.61. The highest BCUT2D eigenvalue weighted by Gasteiger charge is 2.42. The van der Waals surface area contributed by atoms with Gasteiger partial charge in [-0.2, -0.15) is 0 Å². The van der Waals surface area contributed by atoms with E-state index in [1.54, 1.807) is 22.7 Å². The molecule has 0 amide bonds. The predicted molar refractivity (Wildman–Crippen MR) is 77.3 cm³/mol. The maximum absolute atomic E-state index is 11.3. The molecule has 0 spiro atoms. The van der Waals surface area contributed by atoms with Crippen molar-refractivity contribution in [2.24, 2.45) is 0 Å². The van der Waals surface area contributed by atoms with Crippen LogP contribution in [0.25, 0.3) is 0 Å². The molecule has 0 bridgehead atoms. The van der Waals surface area contributed by atoms with Gasteiger partial charge in [0.05, 0.1) is 0 Å². The van der Waals surface area contributed by atoms with Gasteiger partial charge in [-0.25, -0.2) is 0 Å². The largest absolute Gasteiger partial charge is 0.377 e. The quantitative estimate of drug-likeness (QED) is 0.904. The predicted octanol–water partition coefficient (Wildman–Crippen LogP) is 3.19. The van der Waals surface area contributed by atoms with Crippen molar-refractivity contribution in [2.45, 2.75) is 30.9 Å². The summed E-state index contributed by atoms with van der Waals surface area (Å²) in [6, 6.07) is 8.24. The third-order valence-corrected chi connectivity index (χ3v) is 5.60. The molecule has 2 N–H and O–H groups in total. The molecule has 1 saturated heterocycles. The number of rotatable bonds is 3. The molecule has 3 heterocycles. The standard InChI is InChI=1S/C14H17NOS2/c16-14(12-6-3-9-17-12,13-7-4-10-18-13)11-5-1-2-8-15-11/h3-4,6-7,9-11,15-16H,1-2,5,8H2. The number of thiophene rings is 2. The lowest BCUT2D eigenvalue weighted by atomic mass is 9.85. The summed E-state index contributed by atoms with van der Waals surface area (Å²) in [5.41, 5.74) is -0.858. The topological polar surface area (TPSA) is 32.3 Å². The van der Waals surface area contributed by atoms with Gasteiger partial charge >= 0.3 is 0 Å². The number of hydrogen-bond acceptors (Lipinski definition) is 4. The fraction of sp³-hybridized carbons (Fsp3) is 0.429. The summed E-state index contributed by atoms with van der Waals surface area (Å²) in [5, 5.41) is 18.9. The molecule has 0 aromatic carbocycles. The normalized spacial score (nSPS) is 21.1. The Hall–Kier alpha value is -0.680. The highest BCUT2D eigenvalue weighted by molar-refractivity contribution is 7.11. The number of piperidine rings is 1. The highest BCUT2D eigenvalue weighted by Crippen LogP contribution is 2.40. The number of nitrogens with one attached hydrogen (secondary N) is 1. The zero-order valence-corrected chi connectivity index (χ0v) is 11.8. The van der Waals surface area contributed by atoms with Crippen LogP contribution in [0.4, 0.5) is 0 Å². The third kappa shape index (κ3) is 2.03. The lowest BCUT2D eigenvalue weighted by molar-refractivity contribution is 0.0335. The van der Waals surface area contributed by atoms with E-state index in [9.17, 15) is 5.11 Å². The van der Waals surface area contributed by atoms with Gasteiger partial charge in [0.15, 0.2) is 0 Å². The van der Waals surface area contributed by atoms with Gasteiger partial charge in [-0.05, 0) is 42.3 Å². The minimum Gasteiger partial charge on any atom is -0.377 e. The first kappa shape index (κ1) is 12.4. The fourth-order valence-electron chi connectivity index (χ4n) is 2.66. The Morgan fingerprint density at radius 1 is 1.11 bits per heavy atom. The van der Waals surface area contributed by atoms with Gasteiger partial charge < -0.3 is 10.4 Å². The summed E-state index contributed by atoms with van der Waals surface area (Å²) in [7, 11) is 0. The molecule has 96 valence electrons. The summed E-state index contributed by atoms with van der Waals surface area (Å²) in [4.78, 5) is 2.09. The zero-order valence-electron chi connectivity index (χ0n) is 10.1. The van der Waals surface area contributed by atoms with Crippen LogP contribution in [0.2, 0.25) is 0 Å². The minimum absolute atomic E-state index is 0.128. The van der Waals surface area contributed by atoms with Crippen LogP contribution >= 0.6 is 22.7 Å². The van der Waals surface area contributed by atoms with Crippen molar-refractivity contribution in [3.05, 3.63) is 44.8 Å². The van der Waals surface area contributed by atoms with Crippen LogP contribution in [0.3, 0.4) is 0 Å². The van der Waals surface area contributed by atoms with Gasteiger partial charge in [0.25, 0.3) is 0 Å². The van der Waals surface area contributed by atoms with Crippen LogP contribution in [-0.4, -0.2) is 17.7 Å². The van der Waals surface area contributed by atoms with Crippen LogP contribution < -0.4 is 5.32 Å². The molecule has 1 aliphatic heterocycles. The highest BCUT2D eigenvalue weighted by atomic mass is 32.1. The van der Waals surface area contributed by atoms with E-state index in [4.69, 9.17) is 0 Å². The smallest absolute Gasteiger partial charge is 0.148 e. The van der Waals surface area contributed by atoms with Crippen LogP contribution in [-0.2, 0) is 5.60 Å². The molecule has 0 aliphatic carbocycles. The Labute approximate surface area is 115 Å². The van der Waals surface area contributed by atoms with Gasteiger partial charge in [-0.3, -0.25) is 0 Å². The first-order chi connectivity index (χ1) is 8.82. The summed E-state index contributed by atoms with van der Waals surface area (Å²) in [6.45, 7) is 1.00. The van der Waals surface area contributed by atoms with E-state index in [0.29, 0.717) is 0 Å². The van der Waals surface area contributed by atoms with Gasteiger partial charge in [-0.15, -0.1) is 22.7 Å². The average Bonchev–Trinajstić information content (AvgIpc) is 3.12. The van der Waals surface area contributed by atoms with Crippen LogP contribution in [0, 0.1) is 0 Å². The van der Waals surface area contributed by atoms with Crippen LogP contribution in [0.15, 0.2) is 35.0 Å². The lowest BCUT2D eigenvalue weighted by Crippen LogP contribution is -2.50. The number of aliphatic hydroxyl groups is 1. The van der Waals surface area contributed by atoms with Crippen molar-refractivity contribution >= 4 is 22.7 Å². The molecule has 1 atom stereocenters. The molecule has 1 aliphatic rings.